The topological polar surface area (TPSA) is 18.5 Å². The highest BCUT2D eigenvalue weighted by Crippen LogP contribution is 2.15. The van der Waals surface area contributed by atoms with Gasteiger partial charge in [-0.05, 0) is 33.4 Å². The van der Waals surface area contributed by atoms with Gasteiger partial charge < -0.3 is 15.1 Å². The number of piperidine rings is 1. The Kier molecular flexibility index (Phi) is 5.60. The van der Waals surface area contributed by atoms with Crippen LogP contribution < -0.4 is 5.32 Å². The predicted molar refractivity (Wildman–Crippen MR) is 76.9 cm³/mol. The van der Waals surface area contributed by atoms with Gasteiger partial charge >= 0.3 is 0 Å². The number of hydrogen-bond donors (Lipinski definition) is 1. The highest BCUT2D eigenvalue weighted by atomic mass is 32.2. The minimum atomic E-state index is 0.743. The Morgan fingerprint density at radius 3 is 2.71 bits per heavy atom. The summed E-state index contributed by atoms with van der Waals surface area (Å²) in [6.07, 6.45) is 2.63. The summed E-state index contributed by atoms with van der Waals surface area (Å²) in [6.45, 7) is 8.58. The van der Waals surface area contributed by atoms with E-state index in [2.05, 4.69) is 40.8 Å². The van der Waals surface area contributed by atoms with Crippen molar-refractivity contribution in [2.24, 2.45) is 0 Å². The first-order valence-corrected chi connectivity index (χ1v) is 8.15. The van der Waals surface area contributed by atoms with Crippen molar-refractivity contribution in [3.05, 3.63) is 0 Å². The smallest absolute Gasteiger partial charge is 0.0108 e. The molecule has 0 saturated carbocycles. The maximum Gasteiger partial charge on any atom is 0.0108 e. The lowest BCUT2D eigenvalue weighted by molar-refractivity contribution is 0.166. The summed E-state index contributed by atoms with van der Waals surface area (Å²) < 4.78 is 0. The molecule has 4 heteroatoms. The second-order valence-corrected chi connectivity index (χ2v) is 6.68. The van der Waals surface area contributed by atoms with E-state index in [1.807, 2.05) is 0 Å². The maximum atomic E-state index is 3.74. The summed E-state index contributed by atoms with van der Waals surface area (Å²) in [5.41, 5.74) is 0. The summed E-state index contributed by atoms with van der Waals surface area (Å²) in [5, 5.41) is 3.74. The van der Waals surface area contributed by atoms with Gasteiger partial charge in [0.1, 0.15) is 0 Å². The molecule has 2 saturated heterocycles. The Morgan fingerprint density at radius 1 is 1.24 bits per heavy atom. The van der Waals surface area contributed by atoms with Gasteiger partial charge in [0.2, 0.25) is 0 Å². The average Bonchev–Trinajstić information content (AvgIpc) is 2.35. The molecule has 0 bridgehead atoms. The van der Waals surface area contributed by atoms with Gasteiger partial charge in [-0.1, -0.05) is 0 Å². The Hall–Kier alpha value is 0.230. The molecule has 2 fully saturated rings. The summed E-state index contributed by atoms with van der Waals surface area (Å²) in [6, 6.07) is 1.49. The third-order valence-electron chi connectivity index (χ3n) is 4.17. The van der Waals surface area contributed by atoms with Crippen molar-refractivity contribution in [1.29, 1.82) is 0 Å². The van der Waals surface area contributed by atoms with Crippen LogP contribution in [0.2, 0.25) is 0 Å². The molecule has 0 aromatic heterocycles. The molecule has 2 aliphatic rings. The van der Waals surface area contributed by atoms with Crippen LogP contribution in [0.3, 0.4) is 0 Å². The lowest BCUT2D eigenvalue weighted by Gasteiger charge is -2.36. The van der Waals surface area contributed by atoms with Crippen LogP contribution in [0.25, 0.3) is 0 Å². The molecule has 0 aromatic carbocycles. The van der Waals surface area contributed by atoms with Crippen LogP contribution in [0.1, 0.15) is 19.8 Å². The summed E-state index contributed by atoms with van der Waals surface area (Å²) in [4.78, 5) is 5.07. The van der Waals surface area contributed by atoms with Gasteiger partial charge in [0, 0.05) is 49.8 Å². The molecule has 100 valence electrons. The monoisotopic (exact) mass is 257 g/mol. The minimum absolute atomic E-state index is 0.743. The average molecular weight is 257 g/mol. The molecule has 3 nitrogen and oxygen atoms in total. The van der Waals surface area contributed by atoms with E-state index in [1.54, 1.807) is 0 Å². The Bertz CT molecular complexity index is 219. The first-order chi connectivity index (χ1) is 8.25. The van der Waals surface area contributed by atoms with Crippen LogP contribution in [-0.4, -0.2) is 73.2 Å². The molecule has 2 heterocycles. The minimum Gasteiger partial charge on any atom is -0.313 e. The lowest BCUT2D eigenvalue weighted by atomic mass is 9.99. The number of thioether (sulfide) groups is 1. The molecule has 2 atom stereocenters. The summed E-state index contributed by atoms with van der Waals surface area (Å²) >= 11 is 2.09. The fourth-order valence-electron chi connectivity index (χ4n) is 2.73. The van der Waals surface area contributed by atoms with Crippen molar-refractivity contribution in [2.45, 2.75) is 31.8 Å². The standard InChI is InChI=1S/C13H27N3S/c1-12-11-13(3-5-15(12)2)14-4-6-16-7-9-17-10-8-16/h12-14H,3-11H2,1-2H3. The zero-order valence-electron chi connectivity index (χ0n) is 11.3. The number of nitrogens with zero attached hydrogens (tertiary/aromatic N) is 2. The van der Waals surface area contributed by atoms with E-state index in [0.29, 0.717) is 0 Å². The molecule has 0 aliphatic carbocycles. The van der Waals surface area contributed by atoms with Gasteiger partial charge in [0.25, 0.3) is 0 Å². The second kappa shape index (κ2) is 6.98. The van der Waals surface area contributed by atoms with Crippen LogP contribution in [0.5, 0.6) is 0 Å². The fourth-order valence-corrected chi connectivity index (χ4v) is 3.71. The highest BCUT2D eigenvalue weighted by molar-refractivity contribution is 7.99. The number of likely N-dealkylation sites (tertiary alicyclic amines) is 1. The molecular weight excluding hydrogens is 230 g/mol. The number of hydrogen-bond acceptors (Lipinski definition) is 4. The first kappa shape index (κ1) is 13.7. The van der Waals surface area contributed by atoms with E-state index in [0.717, 1.165) is 12.1 Å². The molecular formula is C13H27N3S. The van der Waals surface area contributed by atoms with Gasteiger partial charge in [-0.2, -0.15) is 11.8 Å². The van der Waals surface area contributed by atoms with Gasteiger partial charge in [0.15, 0.2) is 0 Å². The maximum absolute atomic E-state index is 3.74. The van der Waals surface area contributed by atoms with E-state index in [9.17, 15) is 0 Å². The van der Waals surface area contributed by atoms with Crippen molar-refractivity contribution in [3.63, 3.8) is 0 Å². The Labute approximate surface area is 110 Å². The van der Waals surface area contributed by atoms with Crippen LogP contribution in [0.4, 0.5) is 0 Å². The predicted octanol–water partition coefficient (Wildman–Crippen LogP) is 1.11. The Morgan fingerprint density at radius 2 is 2.00 bits per heavy atom. The third kappa shape index (κ3) is 4.43. The van der Waals surface area contributed by atoms with Crippen molar-refractivity contribution in [2.75, 3.05) is 51.3 Å². The molecule has 2 unspecified atom stereocenters. The molecule has 0 aromatic rings. The summed E-state index contributed by atoms with van der Waals surface area (Å²) in [7, 11) is 2.24. The zero-order chi connectivity index (χ0) is 12.1. The van der Waals surface area contributed by atoms with E-state index >= 15 is 0 Å². The zero-order valence-corrected chi connectivity index (χ0v) is 12.1. The van der Waals surface area contributed by atoms with Crippen LogP contribution in [-0.2, 0) is 0 Å². The van der Waals surface area contributed by atoms with Crippen molar-refractivity contribution in [3.8, 4) is 0 Å². The molecule has 0 radical (unpaired) electrons. The molecule has 2 rings (SSSR count). The van der Waals surface area contributed by atoms with E-state index < -0.39 is 0 Å². The van der Waals surface area contributed by atoms with Crippen LogP contribution >= 0.6 is 11.8 Å². The third-order valence-corrected chi connectivity index (χ3v) is 5.12. The second-order valence-electron chi connectivity index (χ2n) is 5.46. The van der Waals surface area contributed by atoms with Crippen molar-refractivity contribution < 1.29 is 0 Å². The SMILES string of the molecule is CC1CC(NCCN2CCSCC2)CCN1C. The normalized spacial score (nSPS) is 32.8. The molecule has 1 N–H and O–H groups in total. The van der Waals surface area contributed by atoms with Crippen LogP contribution in [0, 0.1) is 0 Å². The van der Waals surface area contributed by atoms with Gasteiger partial charge in [-0.3, -0.25) is 0 Å². The quantitative estimate of drug-likeness (QED) is 0.813. The van der Waals surface area contributed by atoms with Crippen molar-refractivity contribution in [1.82, 2.24) is 15.1 Å². The molecule has 2 aliphatic heterocycles. The summed E-state index contributed by atoms with van der Waals surface area (Å²) in [5.74, 6) is 2.65. The van der Waals surface area contributed by atoms with Gasteiger partial charge in [0.05, 0.1) is 0 Å². The molecule has 0 spiro atoms. The highest BCUT2D eigenvalue weighted by Gasteiger charge is 2.22. The van der Waals surface area contributed by atoms with E-state index in [1.165, 1.54) is 57.1 Å². The van der Waals surface area contributed by atoms with Crippen LogP contribution in [0.15, 0.2) is 0 Å². The van der Waals surface area contributed by atoms with Gasteiger partial charge in [-0.15, -0.1) is 0 Å². The molecule has 0 amide bonds. The van der Waals surface area contributed by atoms with E-state index in [-0.39, 0.29) is 0 Å². The van der Waals surface area contributed by atoms with Crippen molar-refractivity contribution >= 4 is 11.8 Å². The lowest BCUT2D eigenvalue weighted by Crippen LogP contribution is -2.47. The fraction of sp³-hybridized carbons (Fsp3) is 1.00. The Balaban J connectivity index is 1.58. The van der Waals surface area contributed by atoms with E-state index in [4.69, 9.17) is 0 Å². The number of nitrogens with one attached hydrogen (secondary N) is 1. The largest absolute Gasteiger partial charge is 0.313 e. The molecule has 17 heavy (non-hydrogen) atoms. The first-order valence-electron chi connectivity index (χ1n) is 6.99. The number of rotatable bonds is 4. The van der Waals surface area contributed by atoms with Gasteiger partial charge in [-0.25, -0.2) is 0 Å².